The van der Waals surface area contributed by atoms with Crippen LogP contribution in [0.2, 0.25) is 0 Å². The van der Waals surface area contributed by atoms with Gasteiger partial charge in [0.25, 0.3) is 5.91 Å². The smallest absolute Gasteiger partial charge is 0.261 e. The number of thioether (sulfide) groups is 2. The fourth-order valence-electron chi connectivity index (χ4n) is 3.56. The highest BCUT2D eigenvalue weighted by Gasteiger charge is 2.24. The van der Waals surface area contributed by atoms with Gasteiger partial charge in [0, 0.05) is 36.0 Å². The lowest BCUT2D eigenvalue weighted by atomic mass is 10.2. The van der Waals surface area contributed by atoms with Gasteiger partial charge in [-0.3, -0.25) is 14.6 Å². The summed E-state index contributed by atoms with van der Waals surface area (Å²) < 4.78 is 6.59. The summed E-state index contributed by atoms with van der Waals surface area (Å²) in [6.07, 6.45) is 2.07. The molecule has 0 bridgehead atoms. The van der Waals surface area contributed by atoms with E-state index in [1.807, 2.05) is 35.2 Å². The molecule has 3 aromatic rings. The number of rotatable bonds is 8. The monoisotopic (exact) mass is 509 g/mol. The van der Waals surface area contributed by atoms with Crippen LogP contribution in [-0.2, 0) is 4.74 Å². The number of fused-ring (bicyclic) bond motifs is 1. The Bertz CT molecular complexity index is 1040. The quantitative estimate of drug-likeness (QED) is 0.372. The van der Waals surface area contributed by atoms with E-state index < -0.39 is 0 Å². The van der Waals surface area contributed by atoms with Crippen molar-refractivity contribution < 1.29 is 9.53 Å². The Morgan fingerprint density at radius 2 is 2.00 bits per heavy atom. The van der Waals surface area contributed by atoms with E-state index in [9.17, 15) is 4.79 Å². The van der Waals surface area contributed by atoms with Crippen molar-refractivity contribution in [2.24, 2.45) is 0 Å². The van der Waals surface area contributed by atoms with E-state index in [0.29, 0.717) is 6.54 Å². The molecule has 1 aliphatic heterocycles. The third kappa shape index (κ3) is 5.98. The third-order valence-corrected chi connectivity index (χ3v) is 7.94. The summed E-state index contributed by atoms with van der Waals surface area (Å²) in [5.41, 5.74) is 1.69. The maximum absolute atomic E-state index is 13.7. The first-order valence-corrected chi connectivity index (χ1v) is 13.5. The molecule has 172 valence electrons. The maximum Gasteiger partial charge on any atom is 0.261 e. The molecule has 0 unspecified atom stereocenters. The molecule has 0 radical (unpaired) electrons. The average Bonchev–Trinajstić information content (AvgIpc) is 3.23. The maximum atomic E-state index is 13.7. The zero-order valence-electron chi connectivity index (χ0n) is 18.3. The van der Waals surface area contributed by atoms with Crippen molar-refractivity contribution in [1.29, 1.82) is 0 Å². The Kier molecular flexibility index (Phi) is 9.70. The van der Waals surface area contributed by atoms with E-state index in [1.165, 1.54) is 4.90 Å². The van der Waals surface area contributed by atoms with Crippen molar-refractivity contribution in [3.8, 4) is 0 Å². The first-order valence-electron chi connectivity index (χ1n) is 10.5. The van der Waals surface area contributed by atoms with Crippen LogP contribution in [-0.4, -0.2) is 67.2 Å². The van der Waals surface area contributed by atoms with E-state index in [4.69, 9.17) is 9.72 Å². The van der Waals surface area contributed by atoms with Gasteiger partial charge in [-0.15, -0.1) is 35.9 Å². The number of aromatic nitrogens is 1. The van der Waals surface area contributed by atoms with E-state index in [0.717, 1.165) is 64.4 Å². The fraction of sp³-hybridized carbons (Fsp3) is 0.391. The van der Waals surface area contributed by atoms with Crippen LogP contribution in [0.5, 0.6) is 0 Å². The lowest BCUT2D eigenvalue weighted by Gasteiger charge is -2.29. The van der Waals surface area contributed by atoms with E-state index in [-0.39, 0.29) is 18.3 Å². The number of hydrogen-bond acceptors (Lipinski definition) is 7. The molecule has 2 heterocycles. The molecule has 1 amide bonds. The van der Waals surface area contributed by atoms with Crippen molar-refractivity contribution in [2.75, 3.05) is 56.3 Å². The van der Waals surface area contributed by atoms with Gasteiger partial charge in [0.2, 0.25) is 0 Å². The van der Waals surface area contributed by atoms with Crippen molar-refractivity contribution in [2.45, 2.75) is 16.7 Å². The number of nitrogens with zero attached hydrogens (tertiary/aromatic N) is 3. The summed E-state index contributed by atoms with van der Waals surface area (Å²) in [6, 6.07) is 14.2. The number of ether oxygens (including phenoxy) is 1. The van der Waals surface area contributed by atoms with Gasteiger partial charge >= 0.3 is 0 Å². The van der Waals surface area contributed by atoms with E-state index >= 15 is 0 Å². The molecule has 1 aromatic heterocycles. The van der Waals surface area contributed by atoms with Gasteiger partial charge in [0.05, 0.1) is 29.0 Å². The molecule has 0 saturated carbocycles. The summed E-state index contributed by atoms with van der Waals surface area (Å²) in [7, 11) is 0. The molecule has 9 heteroatoms. The molecule has 1 saturated heterocycles. The van der Waals surface area contributed by atoms with Gasteiger partial charge in [0.1, 0.15) is 0 Å². The van der Waals surface area contributed by atoms with Gasteiger partial charge in [0.15, 0.2) is 5.13 Å². The molecule has 4 rings (SSSR count). The Labute approximate surface area is 208 Å². The van der Waals surface area contributed by atoms with Gasteiger partial charge < -0.3 is 4.74 Å². The van der Waals surface area contributed by atoms with Crippen LogP contribution in [0, 0.1) is 0 Å². The molecule has 5 nitrogen and oxygen atoms in total. The fourth-order valence-corrected chi connectivity index (χ4v) is 5.90. The summed E-state index contributed by atoms with van der Waals surface area (Å²) in [5.74, 6) is 0.949. The predicted octanol–water partition coefficient (Wildman–Crippen LogP) is 5.53. The largest absolute Gasteiger partial charge is 0.379 e. The molecular weight excluding hydrogens is 482 g/mol. The van der Waals surface area contributed by atoms with Crippen LogP contribution in [0.3, 0.4) is 0 Å². The number of carbonyl (C=O) groups excluding carboxylic acids is 1. The highest BCUT2D eigenvalue weighted by atomic mass is 35.5. The Morgan fingerprint density at radius 3 is 2.75 bits per heavy atom. The van der Waals surface area contributed by atoms with Crippen LogP contribution in [0.1, 0.15) is 17.3 Å². The first-order chi connectivity index (χ1) is 15.2. The van der Waals surface area contributed by atoms with Crippen LogP contribution in [0.25, 0.3) is 10.2 Å². The van der Waals surface area contributed by atoms with Crippen molar-refractivity contribution in [3.05, 3.63) is 48.0 Å². The standard InChI is InChI=1S/C23H27N3O2S3.ClH/c1-3-30-20-7-5-4-6-18(20)22(27)26(11-10-25-12-14-28-15-13-25)23-24-19-9-8-17(29-2)16-21(19)31-23;/h4-9,16H,3,10-15H2,1-2H3;1H. The number of morpholine rings is 1. The minimum atomic E-state index is 0. The predicted molar refractivity (Wildman–Crippen MR) is 140 cm³/mol. The zero-order valence-corrected chi connectivity index (χ0v) is 21.5. The van der Waals surface area contributed by atoms with Crippen molar-refractivity contribution in [3.63, 3.8) is 0 Å². The number of hydrogen-bond donors (Lipinski definition) is 0. The summed E-state index contributed by atoms with van der Waals surface area (Å²) >= 11 is 5.02. The third-order valence-electron chi connectivity index (χ3n) is 5.22. The van der Waals surface area contributed by atoms with Crippen molar-refractivity contribution in [1.82, 2.24) is 9.88 Å². The Balaban J connectivity index is 0.00000289. The highest BCUT2D eigenvalue weighted by molar-refractivity contribution is 7.99. The minimum Gasteiger partial charge on any atom is -0.379 e. The van der Waals surface area contributed by atoms with Crippen LogP contribution in [0.15, 0.2) is 52.3 Å². The number of halogens is 1. The SMILES string of the molecule is CCSc1ccccc1C(=O)N(CCN1CCOCC1)c1nc2ccc(SC)cc2s1.Cl. The van der Waals surface area contributed by atoms with Gasteiger partial charge in [-0.05, 0) is 42.3 Å². The van der Waals surface area contributed by atoms with Crippen LogP contribution < -0.4 is 4.90 Å². The molecule has 32 heavy (non-hydrogen) atoms. The second-order valence-electron chi connectivity index (χ2n) is 7.17. The topological polar surface area (TPSA) is 45.7 Å². The van der Waals surface area contributed by atoms with E-state index in [2.05, 4.69) is 30.2 Å². The number of thiazole rings is 1. The van der Waals surface area contributed by atoms with Gasteiger partial charge in [-0.25, -0.2) is 4.98 Å². The lowest BCUT2D eigenvalue weighted by molar-refractivity contribution is 0.0391. The molecule has 1 fully saturated rings. The summed E-state index contributed by atoms with van der Waals surface area (Å²) in [4.78, 5) is 25.0. The van der Waals surface area contributed by atoms with E-state index in [1.54, 1.807) is 34.9 Å². The number of anilines is 1. The van der Waals surface area contributed by atoms with Crippen molar-refractivity contribution >= 4 is 68.5 Å². The average molecular weight is 510 g/mol. The normalized spacial score (nSPS) is 14.3. The zero-order chi connectivity index (χ0) is 21.6. The van der Waals surface area contributed by atoms with Crippen LogP contribution >= 0.6 is 47.3 Å². The Hall–Kier alpha value is -1.29. The molecular formula is C23H28ClN3O2S3. The second-order valence-corrected chi connectivity index (χ2v) is 10.4. The molecule has 0 N–H and O–H groups in total. The van der Waals surface area contributed by atoms with Gasteiger partial charge in [-0.2, -0.15) is 0 Å². The lowest BCUT2D eigenvalue weighted by Crippen LogP contribution is -2.43. The number of carbonyl (C=O) groups is 1. The first kappa shape index (κ1) is 25.3. The number of amides is 1. The van der Waals surface area contributed by atoms with Crippen LogP contribution in [0.4, 0.5) is 5.13 Å². The Morgan fingerprint density at radius 1 is 1.22 bits per heavy atom. The molecule has 0 atom stereocenters. The molecule has 0 aliphatic carbocycles. The number of benzene rings is 2. The molecule has 1 aliphatic rings. The minimum absolute atomic E-state index is 0. The summed E-state index contributed by atoms with van der Waals surface area (Å²) in [6.45, 7) is 6.84. The second kappa shape index (κ2) is 12.3. The summed E-state index contributed by atoms with van der Waals surface area (Å²) in [5, 5.41) is 0.766. The molecule has 0 spiro atoms. The van der Waals surface area contributed by atoms with Gasteiger partial charge in [-0.1, -0.05) is 30.4 Å². The molecule has 2 aromatic carbocycles. The highest BCUT2D eigenvalue weighted by Crippen LogP contribution is 2.33.